The number of rotatable bonds is 15. The molecule has 8 aliphatic rings. The van der Waals surface area contributed by atoms with Gasteiger partial charge in [0.05, 0.1) is 84.4 Å². The van der Waals surface area contributed by atoms with E-state index in [9.17, 15) is 25.2 Å². The summed E-state index contributed by atoms with van der Waals surface area (Å²) in [4.78, 5) is 12.9. The second kappa shape index (κ2) is 22.3. The summed E-state index contributed by atoms with van der Waals surface area (Å²) in [5, 5.41) is 46.4. The minimum absolute atomic E-state index is 0.0164. The van der Waals surface area contributed by atoms with Crippen molar-refractivity contribution in [3.05, 3.63) is 0 Å². The van der Waals surface area contributed by atoms with Crippen molar-refractivity contribution in [1.29, 1.82) is 0 Å². The molecular formula is C55H90O18. The Bertz CT molecular complexity index is 1920. The van der Waals surface area contributed by atoms with E-state index in [0.717, 1.165) is 12.8 Å². The van der Waals surface area contributed by atoms with E-state index in [1.807, 2.05) is 34.6 Å². The summed E-state index contributed by atoms with van der Waals surface area (Å²) < 4.78 is 85.4. The van der Waals surface area contributed by atoms with Crippen LogP contribution in [0.1, 0.15) is 146 Å². The molecule has 0 aromatic rings. The van der Waals surface area contributed by atoms with Gasteiger partial charge in [0.15, 0.2) is 29.9 Å². The van der Waals surface area contributed by atoms with Crippen molar-refractivity contribution in [2.24, 2.45) is 35.5 Å². The number of aliphatic hydroxyl groups excluding tert-OH is 1. The largest absolute Gasteiger partial charge is 0.481 e. The first kappa shape index (κ1) is 57.6. The molecule has 0 amide bonds. The van der Waals surface area contributed by atoms with Crippen molar-refractivity contribution in [3.8, 4) is 12.3 Å². The Hall–Kier alpha value is -1.61. The third-order valence-corrected chi connectivity index (χ3v) is 19.0. The predicted octanol–water partition coefficient (Wildman–Crippen LogP) is 5.85. The van der Waals surface area contributed by atoms with E-state index in [4.69, 9.17) is 68.0 Å². The van der Waals surface area contributed by atoms with Crippen LogP contribution in [0, 0.1) is 47.9 Å². The van der Waals surface area contributed by atoms with Crippen molar-refractivity contribution in [2.75, 3.05) is 21.3 Å². The van der Waals surface area contributed by atoms with Gasteiger partial charge in [-0.2, -0.15) is 0 Å². The molecule has 18 nitrogen and oxygen atoms in total. The average molecular weight is 1040 g/mol. The lowest BCUT2D eigenvalue weighted by atomic mass is 9.73. The lowest BCUT2D eigenvalue weighted by Crippen LogP contribution is -2.68. The molecule has 0 radical (unpaired) electrons. The summed E-state index contributed by atoms with van der Waals surface area (Å²) >= 11 is 0. The van der Waals surface area contributed by atoms with Crippen molar-refractivity contribution in [1.82, 2.24) is 0 Å². The Balaban J connectivity index is 1.01. The summed E-state index contributed by atoms with van der Waals surface area (Å²) in [6, 6.07) is 0. The van der Waals surface area contributed by atoms with Crippen LogP contribution in [-0.4, -0.2) is 174 Å². The standard InChI is InChI=1S/C55H90O18/c1-15-16-35(50(57)58)55(60)32(6)47(68-43-20-18-38(62-13)34(8)65-43)48(63-14)46(72-55)31(5)45-30(4)36(56)27-54(71-45)24-23-51(9,73-54)41-21-22-52(10,69-41)49-40(66-42-19-17-37(61-12)33(7)64-42)26-39(67-49)44-28(2)25-29(3)53(11,59)70-44/h1,28-49,56,59-60H,16-27H2,2-14H3,(H,57,58)/t28-,29+,30+,31+,32-,33+,34+,35?,36-,37-,38-,39+,40-,41+,42-,43-,44-,45-,46-,47-,48-,49+,51-,52-,53-,54+,55-/m0/s1. The number of methoxy groups -OCH3 is 3. The van der Waals surface area contributed by atoms with E-state index < -0.39 is 114 Å². The molecule has 0 aliphatic carbocycles. The van der Waals surface area contributed by atoms with Gasteiger partial charge in [-0.3, -0.25) is 4.79 Å². The first-order chi connectivity index (χ1) is 34.3. The molecule has 8 saturated heterocycles. The molecule has 1 unspecified atom stereocenters. The first-order valence-corrected chi connectivity index (χ1v) is 27.4. The Kier molecular flexibility index (Phi) is 17.6. The molecule has 8 aliphatic heterocycles. The lowest BCUT2D eigenvalue weighted by Gasteiger charge is -2.55. The van der Waals surface area contributed by atoms with Crippen molar-refractivity contribution >= 4 is 5.97 Å². The number of ether oxygens (including phenoxy) is 13. The monoisotopic (exact) mass is 1040 g/mol. The molecule has 0 bridgehead atoms. The third kappa shape index (κ3) is 11.2. The molecule has 1 spiro atoms. The van der Waals surface area contributed by atoms with Gasteiger partial charge in [0.1, 0.15) is 18.1 Å². The zero-order valence-corrected chi connectivity index (χ0v) is 45.8. The number of aliphatic carboxylic acids is 1. The third-order valence-electron chi connectivity index (χ3n) is 19.0. The van der Waals surface area contributed by atoms with Crippen LogP contribution in [0.5, 0.6) is 0 Å². The molecule has 8 heterocycles. The molecule has 8 rings (SSSR count). The number of hydrogen-bond donors (Lipinski definition) is 4. The van der Waals surface area contributed by atoms with Gasteiger partial charge in [-0.15, -0.1) is 12.3 Å². The summed E-state index contributed by atoms with van der Waals surface area (Å²) in [5.74, 6) is -7.10. The van der Waals surface area contributed by atoms with Gasteiger partial charge in [-0.1, -0.05) is 34.6 Å². The minimum atomic E-state index is -2.29. The lowest BCUT2D eigenvalue weighted by molar-refractivity contribution is -0.386. The summed E-state index contributed by atoms with van der Waals surface area (Å²) in [6.45, 7) is 19.4. The van der Waals surface area contributed by atoms with Crippen LogP contribution in [-0.2, 0) is 66.4 Å². The van der Waals surface area contributed by atoms with E-state index in [2.05, 4.69) is 26.7 Å². The number of carbonyl (C=O) groups is 1. The normalized spacial score (nSPS) is 52.5. The van der Waals surface area contributed by atoms with E-state index in [1.165, 1.54) is 7.11 Å². The molecule has 0 aromatic carbocycles. The Morgan fingerprint density at radius 3 is 1.97 bits per heavy atom. The van der Waals surface area contributed by atoms with Crippen molar-refractivity contribution < 1.29 is 86.8 Å². The summed E-state index contributed by atoms with van der Waals surface area (Å²) in [5.41, 5.74) is -1.63. The Morgan fingerprint density at radius 1 is 0.740 bits per heavy atom. The number of carboxylic acids is 1. The predicted molar refractivity (Wildman–Crippen MR) is 262 cm³/mol. The fraction of sp³-hybridized carbons (Fsp3) is 0.945. The van der Waals surface area contributed by atoms with Gasteiger partial charge in [0.25, 0.3) is 0 Å². The molecule has 4 N–H and O–H groups in total. The zero-order valence-electron chi connectivity index (χ0n) is 45.8. The fourth-order valence-electron chi connectivity index (χ4n) is 14.2. The molecule has 418 valence electrons. The minimum Gasteiger partial charge on any atom is -0.481 e. The van der Waals surface area contributed by atoms with Crippen LogP contribution in [0.15, 0.2) is 0 Å². The van der Waals surface area contributed by atoms with E-state index in [-0.39, 0.29) is 67.4 Å². The highest BCUT2D eigenvalue weighted by atomic mass is 16.7. The fourth-order valence-corrected chi connectivity index (χ4v) is 14.2. The van der Waals surface area contributed by atoms with Gasteiger partial charge in [-0.25, -0.2) is 0 Å². The number of terminal acetylenes is 1. The van der Waals surface area contributed by atoms with Gasteiger partial charge >= 0.3 is 5.97 Å². The molecule has 0 aromatic heterocycles. The van der Waals surface area contributed by atoms with Crippen LogP contribution in [0.2, 0.25) is 0 Å². The van der Waals surface area contributed by atoms with Gasteiger partial charge in [0.2, 0.25) is 0 Å². The molecule has 18 heteroatoms. The second-order valence-electron chi connectivity index (χ2n) is 24.1. The summed E-state index contributed by atoms with van der Waals surface area (Å²) in [6.07, 6.45) is 3.92. The molecule has 73 heavy (non-hydrogen) atoms. The van der Waals surface area contributed by atoms with E-state index in [1.54, 1.807) is 28.1 Å². The van der Waals surface area contributed by atoms with Gasteiger partial charge < -0.3 is 82.0 Å². The van der Waals surface area contributed by atoms with Crippen LogP contribution in [0.3, 0.4) is 0 Å². The van der Waals surface area contributed by atoms with Gasteiger partial charge in [-0.05, 0) is 79.1 Å². The zero-order chi connectivity index (χ0) is 53.2. The first-order valence-electron chi connectivity index (χ1n) is 27.4. The SMILES string of the molecule is C#CCC(C(=O)O)[C@@]1(O)O[C@@H]([C@H](C)[C@H]2O[C@@]3(CC[C@@](C)([C@H]4CC[C@@](C)([C@@H]5O[C@@H]([C@H]6O[C@](C)(O)[C@H](C)C[C@@H]6C)C[C@@H]5O[C@H]5CC[C@H](OC)[C@@H](C)O5)O4)O3)C[C@H](O)[C@H]2C)[C@H](OC)[C@@H](O[C@H]2CC[C@H](OC)[C@@H](C)O2)[C@@H]1C. The molecular weight excluding hydrogens is 949 g/mol. The van der Waals surface area contributed by atoms with Crippen LogP contribution < -0.4 is 0 Å². The molecule has 8 fully saturated rings. The smallest absolute Gasteiger partial charge is 0.312 e. The highest BCUT2D eigenvalue weighted by Gasteiger charge is 2.65. The molecule has 0 saturated carbocycles. The van der Waals surface area contributed by atoms with Crippen LogP contribution >= 0.6 is 0 Å². The topological polar surface area (TPSA) is 218 Å². The Morgan fingerprint density at radius 2 is 1.38 bits per heavy atom. The highest BCUT2D eigenvalue weighted by molar-refractivity contribution is 5.71. The van der Waals surface area contributed by atoms with E-state index in [0.29, 0.717) is 51.4 Å². The highest BCUT2D eigenvalue weighted by Crippen LogP contribution is 2.55. The maximum Gasteiger partial charge on any atom is 0.312 e. The summed E-state index contributed by atoms with van der Waals surface area (Å²) in [7, 11) is 4.88. The van der Waals surface area contributed by atoms with Crippen LogP contribution in [0.4, 0.5) is 0 Å². The van der Waals surface area contributed by atoms with Crippen molar-refractivity contribution in [3.63, 3.8) is 0 Å². The van der Waals surface area contributed by atoms with Crippen molar-refractivity contribution in [2.45, 2.75) is 273 Å². The van der Waals surface area contributed by atoms with Crippen LogP contribution in [0.25, 0.3) is 0 Å². The quantitative estimate of drug-likeness (QED) is 0.141. The Labute approximate surface area is 433 Å². The average Bonchev–Trinajstić information content (AvgIpc) is 4.05. The maximum atomic E-state index is 12.9. The number of hydrogen-bond acceptors (Lipinski definition) is 17. The number of carboxylic acid groups (broad SMARTS) is 1. The number of aliphatic hydroxyl groups is 3. The van der Waals surface area contributed by atoms with E-state index >= 15 is 0 Å². The maximum absolute atomic E-state index is 12.9. The van der Waals surface area contributed by atoms with Gasteiger partial charge in [0, 0.05) is 83.5 Å². The molecule has 27 atom stereocenters. The second-order valence-corrected chi connectivity index (χ2v) is 24.1.